The van der Waals surface area contributed by atoms with Crippen molar-refractivity contribution in [1.82, 2.24) is 25.3 Å². The van der Waals surface area contributed by atoms with Crippen LogP contribution in [-0.2, 0) is 5.75 Å². The van der Waals surface area contributed by atoms with E-state index in [0.29, 0.717) is 22.6 Å². The molecular weight excluding hydrogens is 270 g/mol. The Bertz CT molecular complexity index is 630. The normalized spacial score (nSPS) is 10.9. The Morgan fingerprint density at radius 3 is 3.11 bits per heavy atom. The second-order valence-electron chi connectivity index (χ2n) is 3.48. The second kappa shape index (κ2) is 4.91. The third kappa shape index (κ3) is 2.44. The molecule has 0 aliphatic carbocycles. The van der Waals surface area contributed by atoms with Gasteiger partial charge in [-0.15, -0.1) is 16.4 Å². The number of nitrogens with zero attached hydrogens (tertiary/aromatic N) is 4. The van der Waals surface area contributed by atoms with Crippen molar-refractivity contribution < 1.29 is 4.52 Å². The molecule has 6 nitrogen and oxygen atoms in total. The third-order valence-electron chi connectivity index (χ3n) is 2.11. The van der Waals surface area contributed by atoms with Crippen molar-refractivity contribution in [2.45, 2.75) is 17.8 Å². The fourth-order valence-corrected chi connectivity index (χ4v) is 2.66. The molecule has 18 heavy (non-hydrogen) atoms. The summed E-state index contributed by atoms with van der Waals surface area (Å²) in [7, 11) is 0. The first-order valence-corrected chi connectivity index (χ1v) is 7.06. The molecule has 0 saturated heterocycles. The predicted octanol–water partition coefficient (Wildman–Crippen LogP) is 2.52. The maximum absolute atomic E-state index is 5.18. The predicted molar refractivity (Wildman–Crippen MR) is 68.3 cm³/mol. The largest absolute Gasteiger partial charge is 0.338 e. The summed E-state index contributed by atoms with van der Waals surface area (Å²) >= 11 is 3.04. The highest BCUT2D eigenvalue weighted by Gasteiger charge is 2.10. The number of H-pyrrole nitrogens is 1. The van der Waals surface area contributed by atoms with Gasteiger partial charge in [0.25, 0.3) is 0 Å². The number of aromatic amines is 1. The fraction of sp³-hybridized carbons (Fsp3) is 0.200. The van der Waals surface area contributed by atoms with E-state index >= 15 is 0 Å². The molecule has 0 amide bonds. The summed E-state index contributed by atoms with van der Waals surface area (Å²) in [5, 5.41) is 13.4. The molecule has 0 bridgehead atoms. The van der Waals surface area contributed by atoms with Gasteiger partial charge in [-0.3, -0.25) is 5.10 Å². The molecule has 0 aliphatic heterocycles. The van der Waals surface area contributed by atoms with Crippen molar-refractivity contribution in [1.29, 1.82) is 0 Å². The van der Waals surface area contributed by atoms with E-state index in [4.69, 9.17) is 4.52 Å². The zero-order chi connectivity index (χ0) is 12.4. The molecule has 0 aromatic carbocycles. The first-order valence-electron chi connectivity index (χ1n) is 5.19. The maximum atomic E-state index is 5.18. The molecule has 92 valence electrons. The summed E-state index contributed by atoms with van der Waals surface area (Å²) < 4.78 is 5.18. The number of thiophene rings is 1. The first kappa shape index (κ1) is 11.4. The average molecular weight is 279 g/mol. The molecule has 0 radical (unpaired) electrons. The molecule has 3 aromatic heterocycles. The Labute approximate surface area is 111 Å². The molecule has 0 saturated carbocycles. The number of hydrogen-bond acceptors (Lipinski definition) is 7. The molecule has 1 N–H and O–H groups in total. The minimum Gasteiger partial charge on any atom is -0.338 e. The zero-order valence-electron chi connectivity index (χ0n) is 9.45. The third-order valence-corrected chi connectivity index (χ3v) is 3.81. The van der Waals surface area contributed by atoms with Crippen molar-refractivity contribution >= 4 is 23.1 Å². The van der Waals surface area contributed by atoms with Gasteiger partial charge >= 0.3 is 0 Å². The molecular formula is C10H9N5OS2. The smallest absolute Gasteiger partial charge is 0.237 e. The molecule has 0 aliphatic rings. The number of aromatic nitrogens is 5. The van der Waals surface area contributed by atoms with Gasteiger partial charge < -0.3 is 4.52 Å². The van der Waals surface area contributed by atoms with Crippen LogP contribution < -0.4 is 0 Å². The second-order valence-corrected chi connectivity index (χ2v) is 5.37. The van der Waals surface area contributed by atoms with E-state index in [9.17, 15) is 0 Å². The highest BCUT2D eigenvalue weighted by Crippen LogP contribution is 2.23. The Balaban J connectivity index is 1.67. The van der Waals surface area contributed by atoms with Crippen LogP contribution >= 0.6 is 23.1 Å². The van der Waals surface area contributed by atoms with Crippen LogP contribution in [-0.4, -0.2) is 25.3 Å². The number of aryl methyl sites for hydroxylation is 1. The zero-order valence-corrected chi connectivity index (χ0v) is 11.1. The lowest BCUT2D eigenvalue weighted by atomic mass is 10.4. The number of rotatable bonds is 4. The lowest BCUT2D eigenvalue weighted by Gasteiger charge is -1.88. The van der Waals surface area contributed by atoms with E-state index in [-0.39, 0.29) is 0 Å². The van der Waals surface area contributed by atoms with E-state index in [0.717, 1.165) is 10.7 Å². The Morgan fingerprint density at radius 1 is 1.44 bits per heavy atom. The van der Waals surface area contributed by atoms with E-state index in [1.54, 1.807) is 11.3 Å². The summed E-state index contributed by atoms with van der Waals surface area (Å²) in [5.74, 6) is 2.57. The van der Waals surface area contributed by atoms with Crippen LogP contribution in [0.1, 0.15) is 11.7 Å². The Morgan fingerprint density at radius 2 is 2.39 bits per heavy atom. The van der Waals surface area contributed by atoms with Gasteiger partial charge in [0.1, 0.15) is 5.82 Å². The molecule has 0 fully saturated rings. The standard InChI is InChI=1S/C10H9N5OS2/c1-6-11-10(14-13-6)18-5-8-12-9(15-16-8)7-3-2-4-17-7/h2-4H,5H2,1H3,(H,11,13,14). The van der Waals surface area contributed by atoms with E-state index in [2.05, 4.69) is 25.3 Å². The van der Waals surface area contributed by atoms with Crippen molar-refractivity contribution in [2.24, 2.45) is 0 Å². The van der Waals surface area contributed by atoms with Gasteiger partial charge in [0.2, 0.25) is 16.9 Å². The fourth-order valence-electron chi connectivity index (χ4n) is 1.33. The lowest BCUT2D eigenvalue weighted by Crippen LogP contribution is -1.82. The highest BCUT2D eigenvalue weighted by molar-refractivity contribution is 7.98. The summed E-state index contributed by atoms with van der Waals surface area (Å²) in [5.41, 5.74) is 0. The van der Waals surface area contributed by atoms with Crippen LogP contribution in [0.15, 0.2) is 27.2 Å². The van der Waals surface area contributed by atoms with Crippen LogP contribution in [0.25, 0.3) is 10.7 Å². The SMILES string of the molecule is Cc1nc(SCc2nc(-c3cccs3)no2)n[nH]1. The number of thioether (sulfide) groups is 1. The summed E-state index contributed by atoms with van der Waals surface area (Å²) in [6, 6.07) is 3.92. The molecule has 3 heterocycles. The Kier molecular flexibility index (Phi) is 3.11. The number of nitrogens with one attached hydrogen (secondary N) is 1. The van der Waals surface area contributed by atoms with Gasteiger partial charge in [0.15, 0.2) is 0 Å². The quantitative estimate of drug-likeness (QED) is 0.739. The van der Waals surface area contributed by atoms with Crippen molar-refractivity contribution in [3.8, 4) is 10.7 Å². The van der Waals surface area contributed by atoms with Crippen molar-refractivity contribution in [3.63, 3.8) is 0 Å². The van der Waals surface area contributed by atoms with Crippen LogP contribution in [0, 0.1) is 6.92 Å². The van der Waals surface area contributed by atoms with Gasteiger partial charge in [-0.2, -0.15) is 4.98 Å². The molecule has 3 aromatic rings. The lowest BCUT2D eigenvalue weighted by molar-refractivity contribution is 0.391. The summed E-state index contributed by atoms with van der Waals surface area (Å²) in [6.07, 6.45) is 0. The van der Waals surface area contributed by atoms with Crippen LogP contribution in [0.2, 0.25) is 0 Å². The van der Waals surface area contributed by atoms with Crippen LogP contribution in [0.3, 0.4) is 0 Å². The molecule has 8 heteroatoms. The van der Waals surface area contributed by atoms with Gasteiger partial charge in [0, 0.05) is 0 Å². The number of hydrogen-bond donors (Lipinski definition) is 1. The molecule has 0 spiro atoms. The van der Waals surface area contributed by atoms with E-state index < -0.39 is 0 Å². The van der Waals surface area contributed by atoms with Crippen LogP contribution in [0.4, 0.5) is 0 Å². The highest BCUT2D eigenvalue weighted by atomic mass is 32.2. The summed E-state index contributed by atoms with van der Waals surface area (Å²) in [6.45, 7) is 1.86. The summed E-state index contributed by atoms with van der Waals surface area (Å²) in [4.78, 5) is 9.52. The average Bonchev–Trinajstić information content (AvgIpc) is 3.07. The van der Waals surface area contributed by atoms with Crippen LogP contribution in [0.5, 0.6) is 0 Å². The van der Waals surface area contributed by atoms with Gasteiger partial charge in [-0.05, 0) is 18.4 Å². The van der Waals surface area contributed by atoms with Gasteiger partial charge in [-0.1, -0.05) is 23.0 Å². The van der Waals surface area contributed by atoms with Gasteiger partial charge in [-0.25, -0.2) is 4.98 Å². The minimum absolute atomic E-state index is 0.565. The molecule has 3 rings (SSSR count). The van der Waals surface area contributed by atoms with Crippen molar-refractivity contribution in [2.75, 3.05) is 0 Å². The van der Waals surface area contributed by atoms with E-state index in [1.807, 2.05) is 24.4 Å². The van der Waals surface area contributed by atoms with Crippen molar-refractivity contribution in [3.05, 3.63) is 29.2 Å². The van der Waals surface area contributed by atoms with E-state index in [1.165, 1.54) is 11.8 Å². The topological polar surface area (TPSA) is 80.5 Å². The molecule has 0 unspecified atom stereocenters. The Hall–Kier alpha value is -1.67. The first-order chi connectivity index (χ1) is 8.81. The maximum Gasteiger partial charge on any atom is 0.237 e. The molecule has 0 atom stereocenters. The van der Waals surface area contributed by atoms with Gasteiger partial charge in [0.05, 0.1) is 10.6 Å². The minimum atomic E-state index is 0.565. The monoisotopic (exact) mass is 279 g/mol.